The largest absolute Gasteiger partial charge is 0.368 e. The predicted molar refractivity (Wildman–Crippen MR) is 108 cm³/mol. The van der Waals surface area contributed by atoms with Crippen molar-refractivity contribution in [3.63, 3.8) is 0 Å². The molecule has 144 valence electrons. The standard InChI is InChI=1S/C21H34N4O/c1-18-7-11-23(12-8-18)10-4-9-22-21(26)25-15-13-24(14-16-25)20-6-3-5-19(2)17-20/h3,5-6,17-18H,4,7-16H2,1-2H3,(H,22,26). The van der Waals surface area contributed by atoms with E-state index in [0.717, 1.165) is 51.6 Å². The number of likely N-dealkylation sites (tertiary alicyclic amines) is 1. The Hall–Kier alpha value is -1.75. The summed E-state index contributed by atoms with van der Waals surface area (Å²) < 4.78 is 0. The molecule has 1 aromatic rings. The Balaban J connectivity index is 1.32. The number of nitrogens with one attached hydrogen (secondary N) is 1. The lowest BCUT2D eigenvalue weighted by Crippen LogP contribution is -2.52. The van der Waals surface area contributed by atoms with Gasteiger partial charge in [-0.2, -0.15) is 0 Å². The number of piperazine rings is 1. The summed E-state index contributed by atoms with van der Waals surface area (Å²) in [5.41, 5.74) is 2.55. The number of benzene rings is 1. The number of rotatable bonds is 5. The molecule has 0 aliphatic carbocycles. The average molecular weight is 359 g/mol. The molecule has 5 nitrogen and oxygen atoms in total. The van der Waals surface area contributed by atoms with Gasteiger partial charge >= 0.3 is 6.03 Å². The highest BCUT2D eigenvalue weighted by molar-refractivity contribution is 5.74. The maximum Gasteiger partial charge on any atom is 0.317 e. The van der Waals surface area contributed by atoms with E-state index in [1.54, 1.807) is 0 Å². The molecule has 2 fully saturated rings. The van der Waals surface area contributed by atoms with Gasteiger partial charge in [0.15, 0.2) is 0 Å². The second kappa shape index (κ2) is 9.26. The first-order chi connectivity index (χ1) is 12.6. The van der Waals surface area contributed by atoms with Gasteiger partial charge in [-0.3, -0.25) is 0 Å². The quantitative estimate of drug-likeness (QED) is 0.823. The molecular weight excluding hydrogens is 324 g/mol. The lowest BCUT2D eigenvalue weighted by molar-refractivity contribution is 0.184. The maximum atomic E-state index is 12.4. The molecule has 3 rings (SSSR count). The molecular formula is C21H34N4O. The molecule has 2 aliphatic rings. The van der Waals surface area contributed by atoms with Crippen molar-refractivity contribution in [1.82, 2.24) is 15.1 Å². The molecule has 0 bridgehead atoms. The van der Waals surface area contributed by atoms with Crippen LogP contribution < -0.4 is 10.2 Å². The van der Waals surface area contributed by atoms with Crippen molar-refractivity contribution in [3.8, 4) is 0 Å². The van der Waals surface area contributed by atoms with E-state index in [1.165, 1.54) is 37.2 Å². The Kier molecular flexibility index (Phi) is 6.78. The molecule has 0 atom stereocenters. The Morgan fingerprint density at radius 2 is 1.85 bits per heavy atom. The van der Waals surface area contributed by atoms with Gasteiger partial charge in [-0.05, 0) is 69.4 Å². The lowest BCUT2D eigenvalue weighted by Gasteiger charge is -2.36. The van der Waals surface area contributed by atoms with Crippen LogP contribution in [-0.4, -0.2) is 68.2 Å². The summed E-state index contributed by atoms with van der Waals surface area (Å²) in [5, 5.41) is 3.11. The van der Waals surface area contributed by atoms with Crippen molar-refractivity contribution in [1.29, 1.82) is 0 Å². The number of aryl methyl sites for hydroxylation is 1. The number of carbonyl (C=O) groups excluding carboxylic acids is 1. The Labute approximate surface area is 158 Å². The van der Waals surface area contributed by atoms with Gasteiger partial charge in [-0.25, -0.2) is 4.79 Å². The van der Waals surface area contributed by atoms with Crippen LogP contribution in [0.4, 0.5) is 10.5 Å². The van der Waals surface area contributed by atoms with Crippen molar-refractivity contribution < 1.29 is 4.79 Å². The highest BCUT2D eigenvalue weighted by Gasteiger charge is 2.21. The number of anilines is 1. The number of piperidine rings is 1. The first kappa shape index (κ1) is 19.0. The van der Waals surface area contributed by atoms with Crippen molar-refractivity contribution in [2.45, 2.75) is 33.1 Å². The summed E-state index contributed by atoms with van der Waals surface area (Å²) in [5.74, 6) is 0.879. The number of hydrogen-bond acceptors (Lipinski definition) is 3. The molecule has 2 amide bonds. The van der Waals surface area contributed by atoms with Crippen LogP contribution in [-0.2, 0) is 0 Å². The van der Waals surface area contributed by atoms with Crippen molar-refractivity contribution in [2.24, 2.45) is 5.92 Å². The number of urea groups is 1. The van der Waals surface area contributed by atoms with Gasteiger partial charge in [-0.1, -0.05) is 19.1 Å². The minimum atomic E-state index is 0.0983. The zero-order chi connectivity index (χ0) is 18.4. The molecule has 2 aliphatic heterocycles. The molecule has 0 aromatic heterocycles. The van der Waals surface area contributed by atoms with Crippen molar-refractivity contribution in [2.75, 3.05) is 57.3 Å². The van der Waals surface area contributed by atoms with Crippen molar-refractivity contribution in [3.05, 3.63) is 29.8 Å². The molecule has 2 saturated heterocycles. The molecule has 0 spiro atoms. The van der Waals surface area contributed by atoms with Crippen LogP contribution in [0.2, 0.25) is 0 Å². The normalized spacial score (nSPS) is 19.6. The molecule has 2 heterocycles. The Bertz CT molecular complexity index is 575. The fourth-order valence-electron chi connectivity index (χ4n) is 3.89. The predicted octanol–water partition coefficient (Wildman–Crippen LogP) is 2.95. The van der Waals surface area contributed by atoms with Crippen LogP contribution in [0.3, 0.4) is 0 Å². The van der Waals surface area contributed by atoms with Gasteiger partial charge in [-0.15, -0.1) is 0 Å². The van der Waals surface area contributed by atoms with Crippen LogP contribution in [0, 0.1) is 12.8 Å². The van der Waals surface area contributed by atoms with Crippen LogP contribution in [0.25, 0.3) is 0 Å². The van der Waals surface area contributed by atoms with Gasteiger partial charge in [0.2, 0.25) is 0 Å². The number of amides is 2. The summed E-state index contributed by atoms with van der Waals surface area (Å²) in [7, 11) is 0. The highest BCUT2D eigenvalue weighted by atomic mass is 16.2. The van der Waals surface area contributed by atoms with E-state index in [9.17, 15) is 4.79 Å². The van der Waals surface area contributed by atoms with E-state index >= 15 is 0 Å². The molecule has 26 heavy (non-hydrogen) atoms. The third-order valence-electron chi connectivity index (χ3n) is 5.74. The van der Waals surface area contributed by atoms with E-state index in [0.29, 0.717) is 0 Å². The van der Waals surface area contributed by atoms with Gasteiger partial charge in [0.1, 0.15) is 0 Å². The van der Waals surface area contributed by atoms with Gasteiger partial charge in [0, 0.05) is 38.4 Å². The lowest BCUT2D eigenvalue weighted by atomic mass is 9.99. The molecule has 1 aromatic carbocycles. The van der Waals surface area contributed by atoms with Crippen LogP contribution >= 0.6 is 0 Å². The number of carbonyl (C=O) groups is 1. The first-order valence-electron chi connectivity index (χ1n) is 10.2. The zero-order valence-corrected chi connectivity index (χ0v) is 16.4. The SMILES string of the molecule is Cc1cccc(N2CCN(C(=O)NCCCN3CCC(C)CC3)CC2)c1. The monoisotopic (exact) mass is 358 g/mol. The molecule has 5 heteroatoms. The third-order valence-corrected chi connectivity index (χ3v) is 5.74. The average Bonchev–Trinajstić information content (AvgIpc) is 2.66. The third kappa shape index (κ3) is 5.37. The fraction of sp³-hybridized carbons (Fsp3) is 0.667. The van der Waals surface area contributed by atoms with Crippen LogP contribution in [0.1, 0.15) is 31.7 Å². The van der Waals surface area contributed by atoms with Crippen LogP contribution in [0.5, 0.6) is 0 Å². The molecule has 0 unspecified atom stereocenters. The highest BCUT2D eigenvalue weighted by Crippen LogP contribution is 2.18. The van der Waals surface area contributed by atoms with Gasteiger partial charge < -0.3 is 20.0 Å². The topological polar surface area (TPSA) is 38.8 Å². The van der Waals surface area contributed by atoms with E-state index in [1.807, 2.05) is 4.90 Å². The summed E-state index contributed by atoms with van der Waals surface area (Å²) in [6, 6.07) is 8.70. The first-order valence-corrected chi connectivity index (χ1v) is 10.2. The minimum Gasteiger partial charge on any atom is -0.368 e. The minimum absolute atomic E-state index is 0.0983. The summed E-state index contributed by atoms with van der Waals surface area (Å²) >= 11 is 0. The summed E-state index contributed by atoms with van der Waals surface area (Å²) in [6.07, 6.45) is 3.68. The Morgan fingerprint density at radius 1 is 1.12 bits per heavy atom. The molecule has 0 saturated carbocycles. The Morgan fingerprint density at radius 3 is 2.54 bits per heavy atom. The van der Waals surface area contributed by atoms with E-state index in [2.05, 4.69) is 53.2 Å². The molecule has 1 N–H and O–H groups in total. The van der Waals surface area contributed by atoms with E-state index in [4.69, 9.17) is 0 Å². The number of hydrogen-bond donors (Lipinski definition) is 1. The van der Waals surface area contributed by atoms with Gasteiger partial charge in [0.05, 0.1) is 0 Å². The second-order valence-electron chi connectivity index (χ2n) is 7.92. The summed E-state index contributed by atoms with van der Waals surface area (Å²) in [6.45, 7) is 12.2. The van der Waals surface area contributed by atoms with E-state index in [-0.39, 0.29) is 6.03 Å². The molecule has 0 radical (unpaired) electrons. The fourth-order valence-corrected chi connectivity index (χ4v) is 3.89. The second-order valence-corrected chi connectivity index (χ2v) is 7.92. The maximum absolute atomic E-state index is 12.4. The van der Waals surface area contributed by atoms with E-state index < -0.39 is 0 Å². The smallest absolute Gasteiger partial charge is 0.317 e. The van der Waals surface area contributed by atoms with Crippen molar-refractivity contribution >= 4 is 11.7 Å². The van der Waals surface area contributed by atoms with Gasteiger partial charge in [0.25, 0.3) is 0 Å². The summed E-state index contributed by atoms with van der Waals surface area (Å²) in [4.78, 5) is 19.2. The zero-order valence-electron chi connectivity index (χ0n) is 16.4. The van der Waals surface area contributed by atoms with Crippen LogP contribution in [0.15, 0.2) is 24.3 Å². The number of nitrogens with zero attached hydrogens (tertiary/aromatic N) is 3.